The lowest BCUT2D eigenvalue weighted by Crippen LogP contribution is -2.46. The van der Waals surface area contributed by atoms with E-state index in [0.29, 0.717) is 5.82 Å². The third-order valence-electron chi connectivity index (χ3n) is 3.35. The van der Waals surface area contributed by atoms with Gasteiger partial charge < -0.3 is 10.7 Å². The molecule has 1 aliphatic rings. The summed E-state index contributed by atoms with van der Waals surface area (Å²) in [6.07, 6.45) is 6.21. The second-order valence-electron chi connectivity index (χ2n) is 4.86. The first kappa shape index (κ1) is 13.5. The molecule has 2 atom stereocenters. The number of imidazole rings is 1. The summed E-state index contributed by atoms with van der Waals surface area (Å²) in [6.45, 7) is 1.72. The molecule has 0 amide bonds. The number of nitrogens with one attached hydrogen (secondary N) is 2. The van der Waals surface area contributed by atoms with Crippen LogP contribution >= 0.6 is 0 Å². The number of H-pyrrole nitrogens is 1. The predicted octanol–water partition coefficient (Wildman–Crippen LogP) is 0.656. The highest BCUT2D eigenvalue weighted by Gasteiger charge is 2.27. The van der Waals surface area contributed by atoms with Crippen molar-refractivity contribution in [2.75, 3.05) is 0 Å². The molecule has 1 aliphatic carbocycles. The third kappa shape index (κ3) is 3.09. The van der Waals surface area contributed by atoms with Crippen molar-refractivity contribution < 1.29 is 8.42 Å². The van der Waals surface area contributed by atoms with Crippen LogP contribution in [0.1, 0.15) is 37.9 Å². The number of nitrogens with zero attached hydrogens (tertiary/aromatic N) is 1. The molecule has 1 aromatic heterocycles. The fourth-order valence-electron chi connectivity index (χ4n) is 2.28. The van der Waals surface area contributed by atoms with Crippen molar-refractivity contribution >= 4 is 10.0 Å². The van der Waals surface area contributed by atoms with Gasteiger partial charge in [0, 0.05) is 12.1 Å². The Morgan fingerprint density at radius 3 is 2.78 bits per heavy atom. The van der Waals surface area contributed by atoms with Crippen LogP contribution in [-0.2, 0) is 10.0 Å². The average molecular weight is 272 g/mol. The molecule has 1 saturated carbocycles. The van der Waals surface area contributed by atoms with E-state index in [1.165, 1.54) is 6.20 Å². The summed E-state index contributed by atoms with van der Waals surface area (Å²) in [5.74, 6) is 0.584. The lowest BCUT2D eigenvalue weighted by atomic mass is 10.1. The molecule has 7 heteroatoms. The maximum atomic E-state index is 12.1. The smallest absolute Gasteiger partial charge is 0.257 e. The standard InChI is InChI=1S/C11H20N4O2S/c1-8-13-7-11(14-8)18(16,17)15-10-6-4-2-3-5-9(10)12/h7,9-10,15H,2-6,12H2,1H3,(H,13,14). The van der Waals surface area contributed by atoms with Crippen molar-refractivity contribution in [3.63, 3.8) is 0 Å². The normalized spacial score (nSPS) is 25.9. The van der Waals surface area contributed by atoms with E-state index in [-0.39, 0.29) is 17.1 Å². The zero-order chi connectivity index (χ0) is 13.2. The van der Waals surface area contributed by atoms with E-state index in [0.717, 1.165) is 32.1 Å². The number of aryl methyl sites for hydroxylation is 1. The van der Waals surface area contributed by atoms with Crippen molar-refractivity contribution in [3.8, 4) is 0 Å². The fraction of sp³-hybridized carbons (Fsp3) is 0.727. The Labute approximate surface area is 107 Å². The van der Waals surface area contributed by atoms with E-state index < -0.39 is 10.0 Å². The summed E-state index contributed by atoms with van der Waals surface area (Å²) in [7, 11) is -3.54. The number of rotatable bonds is 3. The summed E-state index contributed by atoms with van der Waals surface area (Å²) < 4.78 is 27.0. The van der Waals surface area contributed by atoms with Gasteiger partial charge in [-0.15, -0.1) is 0 Å². The second kappa shape index (κ2) is 5.38. The Balaban J connectivity index is 2.11. The van der Waals surface area contributed by atoms with Gasteiger partial charge in [0.1, 0.15) is 5.82 Å². The average Bonchev–Trinajstić information content (AvgIpc) is 2.65. The summed E-state index contributed by atoms with van der Waals surface area (Å²) in [4.78, 5) is 6.64. The molecule has 18 heavy (non-hydrogen) atoms. The van der Waals surface area contributed by atoms with Crippen molar-refractivity contribution in [1.82, 2.24) is 14.7 Å². The minimum absolute atomic E-state index is 0.105. The molecule has 102 valence electrons. The largest absolute Gasteiger partial charge is 0.332 e. The Bertz CT molecular complexity index is 497. The molecule has 0 radical (unpaired) electrons. The molecule has 1 aromatic rings. The quantitative estimate of drug-likeness (QED) is 0.703. The van der Waals surface area contributed by atoms with Gasteiger partial charge in [0.25, 0.3) is 10.0 Å². The zero-order valence-electron chi connectivity index (χ0n) is 10.5. The van der Waals surface area contributed by atoms with Gasteiger partial charge in [-0.05, 0) is 19.8 Å². The van der Waals surface area contributed by atoms with Crippen LogP contribution in [0.25, 0.3) is 0 Å². The van der Waals surface area contributed by atoms with E-state index in [9.17, 15) is 8.42 Å². The Morgan fingerprint density at radius 1 is 1.39 bits per heavy atom. The summed E-state index contributed by atoms with van der Waals surface area (Å²) >= 11 is 0. The number of aromatic amines is 1. The third-order valence-corrected chi connectivity index (χ3v) is 4.74. The molecule has 0 aromatic carbocycles. The van der Waals surface area contributed by atoms with Gasteiger partial charge in [0.2, 0.25) is 0 Å². The summed E-state index contributed by atoms with van der Waals surface area (Å²) in [5.41, 5.74) is 6.02. The molecule has 0 saturated heterocycles. The van der Waals surface area contributed by atoms with E-state index in [2.05, 4.69) is 14.7 Å². The van der Waals surface area contributed by atoms with E-state index in [1.807, 2.05) is 0 Å². The molecule has 4 N–H and O–H groups in total. The van der Waals surface area contributed by atoms with Gasteiger partial charge in [-0.2, -0.15) is 0 Å². The molecule has 6 nitrogen and oxygen atoms in total. The number of nitrogens with two attached hydrogens (primary N) is 1. The molecular formula is C11H20N4O2S. The molecule has 1 heterocycles. The SMILES string of the molecule is Cc1ncc(S(=O)(=O)NC2CCCCCC2N)[nH]1. The number of sulfonamides is 1. The van der Waals surface area contributed by atoms with E-state index >= 15 is 0 Å². The summed E-state index contributed by atoms with van der Waals surface area (Å²) in [6, 6.07) is -0.285. The maximum absolute atomic E-state index is 12.1. The molecule has 1 fully saturated rings. The van der Waals surface area contributed by atoms with Crippen molar-refractivity contribution in [1.29, 1.82) is 0 Å². The molecular weight excluding hydrogens is 252 g/mol. The minimum atomic E-state index is -3.54. The molecule has 0 bridgehead atoms. The minimum Gasteiger partial charge on any atom is -0.332 e. The van der Waals surface area contributed by atoms with Crippen LogP contribution in [0.2, 0.25) is 0 Å². The van der Waals surface area contributed by atoms with Crippen LogP contribution in [0.5, 0.6) is 0 Å². The monoisotopic (exact) mass is 272 g/mol. The lowest BCUT2D eigenvalue weighted by molar-refractivity contribution is 0.455. The first-order valence-electron chi connectivity index (χ1n) is 6.28. The lowest BCUT2D eigenvalue weighted by Gasteiger charge is -2.21. The van der Waals surface area contributed by atoms with Crippen LogP contribution in [-0.4, -0.2) is 30.5 Å². The highest BCUT2D eigenvalue weighted by atomic mass is 32.2. The summed E-state index contributed by atoms with van der Waals surface area (Å²) in [5, 5.41) is 0.108. The highest BCUT2D eigenvalue weighted by molar-refractivity contribution is 7.89. The van der Waals surface area contributed by atoms with Gasteiger partial charge in [-0.25, -0.2) is 18.1 Å². The number of hydrogen-bond acceptors (Lipinski definition) is 4. The van der Waals surface area contributed by atoms with Crippen LogP contribution in [0.3, 0.4) is 0 Å². The van der Waals surface area contributed by atoms with Crippen LogP contribution < -0.4 is 10.5 Å². The highest BCUT2D eigenvalue weighted by Crippen LogP contribution is 2.18. The van der Waals surface area contributed by atoms with Crippen molar-refractivity contribution in [2.45, 2.75) is 56.1 Å². The van der Waals surface area contributed by atoms with Crippen molar-refractivity contribution in [2.24, 2.45) is 5.73 Å². The molecule has 0 aliphatic heterocycles. The van der Waals surface area contributed by atoms with Crippen molar-refractivity contribution in [3.05, 3.63) is 12.0 Å². The fourth-order valence-corrected chi connectivity index (χ4v) is 3.57. The first-order valence-corrected chi connectivity index (χ1v) is 7.77. The molecule has 2 rings (SSSR count). The van der Waals surface area contributed by atoms with Gasteiger partial charge in [0.05, 0.1) is 6.20 Å². The van der Waals surface area contributed by atoms with E-state index in [1.54, 1.807) is 6.92 Å². The topological polar surface area (TPSA) is 101 Å². The Kier molecular flexibility index (Phi) is 4.04. The maximum Gasteiger partial charge on any atom is 0.257 e. The predicted molar refractivity (Wildman–Crippen MR) is 68.5 cm³/mol. The van der Waals surface area contributed by atoms with Crippen LogP contribution in [0, 0.1) is 6.92 Å². The van der Waals surface area contributed by atoms with Crippen LogP contribution in [0.4, 0.5) is 0 Å². The van der Waals surface area contributed by atoms with Gasteiger partial charge >= 0.3 is 0 Å². The number of aromatic nitrogens is 2. The van der Waals surface area contributed by atoms with Gasteiger partial charge in [0.15, 0.2) is 5.03 Å². The Hall–Kier alpha value is -0.920. The first-order chi connectivity index (χ1) is 8.49. The molecule has 2 unspecified atom stereocenters. The van der Waals surface area contributed by atoms with Gasteiger partial charge in [-0.3, -0.25) is 0 Å². The van der Waals surface area contributed by atoms with E-state index in [4.69, 9.17) is 5.73 Å². The number of hydrogen-bond donors (Lipinski definition) is 3. The molecule has 0 spiro atoms. The Morgan fingerprint density at radius 2 is 2.11 bits per heavy atom. The van der Waals surface area contributed by atoms with Crippen LogP contribution in [0.15, 0.2) is 11.2 Å². The second-order valence-corrected chi connectivity index (χ2v) is 6.54. The zero-order valence-corrected chi connectivity index (χ0v) is 11.3. The van der Waals surface area contributed by atoms with Gasteiger partial charge in [-0.1, -0.05) is 19.3 Å².